The van der Waals surface area contributed by atoms with E-state index < -0.39 is 5.97 Å². The van der Waals surface area contributed by atoms with Crippen molar-refractivity contribution in [2.24, 2.45) is 0 Å². The lowest BCUT2D eigenvalue weighted by molar-refractivity contribution is -0.133. The number of hydrogen-bond donors (Lipinski definition) is 0. The Balaban J connectivity index is 1.41. The summed E-state index contributed by atoms with van der Waals surface area (Å²) in [6.45, 7) is 0. The number of aromatic nitrogens is 3. The molecular weight excluding hydrogens is 386 g/mol. The molecule has 27 heavy (non-hydrogen) atoms. The summed E-state index contributed by atoms with van der Waals surface area (Å²) in [5.41, 5.74) is 2.24. The smallest absolute Gasteiger partial charge is 0.317 e. The lowest BCUT2D eigenvalue weighted by Gasteiger charge is -2.03. The van der Waals surface area contributed by atoms with Crippen molar-refractivity contribution in [2.75, 3.05) is 0 Å². The second-order valence-corrected chi connectivity index (χ2v) is 6.81. The monoisotopic (exact) mass is 397 g/mol. The molecule has 134 valence electrons. The van der Waals surface area contributed by atoms with E-state index in [1.165, 1.54) is 17.7 Å². The predicted molar refractivity (Wildman–Crippen MR) is 102 cm³/mol. The molecule has 8 heteroatoms. The lowest BCUT2D eigenvalue weighted by Crippen LogP contribution is -2.11. The molecule has 0 aliphatic rings. The Bertz CT molecular complexity index is 1060. The van der Waals surface area contributed by atoms with Crippen molar-refractivity contribution in [3.63, 3.8) is 0 Å². The summed E-state index contributed by atoms with van der Waals surface area (Å²) in [5.74, 6) is 0.448. The topological polar surface area (TPSA) is 78.1 Å². The van der Waals surface area contributed by atoms with E-state index in [1.807, 2.05) is 29.6 Å². The van der Waals surface area contributed by atoms with Crippen molar-refractivity contribution in [1.29, 1.82) is 0 Å². The number of benzene rings is 2. The molecule has 2 aromatic carbocycles. The summed E-state index contributed by atoms with van der Waals surface area (Å²) in [6, 6.07) is 14.3. The summed E-state index contributed by atoms with van der Waals surface area (Å²) < 4.78 is 10.5. The Morgan fingerprint density at radius 3 is 2.70 bits per heavy atom. The van der Waals surface area contributed by atoms with Gasteiger partial charge in [0.15, 0.2) is 0 Å². The molecule has 0 amide bonds. The van der Waals surface area contributed by atoms with E-state index in [1.54, 1.807) is 24.3 Å². The Hall–Kier alpha value is -3.03. The highest BCUT2D eigenvalue weighted by molar-refractivity contribution is 7.13. The SMILES string of the molecule is O=C(Cc1csc(-c2ccccc2Cl)n1)Oc1ccc(-c2nnco2)cc1. The maximum absolute atomic E-state index is 12.2. The van der Waals surface area contributed by atoms with Crippen LogP contribution in [0.3, 0.4) is 0 Å². The van der Waals surface area contributed by atoms with E-state index in [0.29, 0.717) is 22.4 Å². The van der Waals surface area contributed by atoms with Crippen molar-refractivity contribution >= 4 is 28.9 Å². The summed E-state index contributed by atoms with van der Waals surface area (Å²) in [4.78, 5) is 16.7. The molecule has 0 aliphatic heterocycles. The van der Waals surface area contributed by atoms with Crippen LogP contribution in [0.2, 0.25) is 5.02 Å². The van der Waals surface area contributed by atoms with Gasteiger partial charge in [0.25, 0.3) is 0 Å². The van der Waals surface area contributed by atoms with E-state index in [0.717, 1.165) is 16.1 Å². The van der Waals surface area contributed by atoms with Gasteiger partial charge in [0, 0.05) is 16.5 Å². The molecule has 0 N–H and O–H groups in total. The first kappa shape index (κ1) is 17.4. The van der Waals surface area contributed by atoms with Gasteiger partial charge >= 0.3 is 5.97 Å². The zero-order valence-corrected chi connectivity index (χ0v) is 15.4. The van der Waals surface area contributed by atoms with Crippen LogP contribution in [0.15, 0.2) is 64.7 Å². The number of rotatable bonds is 5. The molecule has 2 heterocycles. The molecule has 0 saturated carbocycles. The second-order valence-electron chi connectivity index (χ2n) is 5.54. The first-order valence-corrected chi connectivity index (χ1v) is 9.21. The molecule has 0 saturated heterocycles. The third-order valence-corrected chi connectivity index (χ3v) is 4.93. The van der Waals surface area contributed by atoms with Crippen LogP contribution in [0.1, 0.15) is 5.69 Å². The van der Waals surface area contributed by atoms with E-state index in [2.05, 4.69) is 15.2 Å². The molecule has 0 unspecified atom stereocenters. The summed E-state index contributed by atoms with van der Waals surface area (Å²) in [6.07, 6.45) is 1.33. The number of carbonyl (C=O) groups excluding carboxylic acids is 1. The quantitative estimate of drug-likeness (QED) is 0.360. The minimum atomic E-state index is -0.392. The van der Waals surface area contributed by atoms with Gasteiger partial charge in [0.05, 0.1) is 17.1 Å². The summed E-state index contributed by atoms with van der Waals surface area (Å²) in [5, 5.41) is 10.7. The highest BCUT2D eigenvalue weighted by Crippen LogP contribution is 2.30. The number of carbonyl (C=O) groups is 1. The molecule has 0 fully saturated rings. The molecule has 6 nitrogen and oxygen atoms in total. The minimum absolute atomic E-state index is 0.0758. The van der Waals surface area contributed by atoms with Gasteiger partial charge in [-0.2, -0.15) is 0 Å². The molecule has 0 spiro atoms. The zero-order valence-electron chi connectivity index (χ0n) is 13.8. The number of hydrogen-bond acceptors (Lipinski definition) is 7. The Kier molecular flexibility index (Phi) is 4.95. The van der Waals surface area contributed by atoms with Crippen LogP contribution in [0.5, 0.6) is 5.75 Å². The van der Waals surface area contributed by atoms with Gasteiger partial charge < -0.3 is 9.15 Å². The molecule has 4 aromatic rings. The number of nitrogens with zero attached hydrogens (tertiary/aromatic N) is 3. The molecule has 0 radical (unpaired) electrons. The zero-order chi connectivity index (χ0) is 18.6. The first-order chi connectivity index (χ1) is 13.2. The van der Waals surface area contributed by atoms with Crippen LogP contribution >= 0.6 is 22.9 Å². The van der Waals surface area contributed by atoms with E-state index in [4.69, 9.17) is 20.8 Å². The minimum Gasteiger partial charge on any atom is -0.426 e. The predicted octanol–water partition coefficient (Wildman–Crippen LogP) is 4.66. The second kappa shape index (κ2) is 7.69. The molecule has 0 bridgehead atoms. The molecular formula is C19H12ClN3O3S. The fourth-order valence-corrected chi connectivity index (χ4v) is 3.57. The standard InChI is InChI=1S/C19H12ClN3O3S/c20-16-4-2-1-3-15(16)19-22-13(10-27-19)9-17(24)26-14-7-5-12(6-8-14)18-23-21-11-25-18/h1-8,10-11H,9H2. The van der Waals surface area contributed by atoms with E-state index >= 15 is 0 Å². The van der Waals surface area contributed by atoms with Gasteiger partial charge in [0.1, 0.15) is 10.8 Å². The number of halogens is 1. The van der Waals surface area contributed by atoms with E-state index in [-0.39, 0.29) is 6.42 Å². The highest BCUT2D eigenvalue weighted by Gasteiger charge is 2.13. The first-order valence-electron chi connectivity index (χ1n) is 7.95. The van der Waals surface area contributed by atoms with Crippen LogP contribution in [0.25, 0.3) is 22.0 Å². The fourth-order valence-electron chi connectivity index (χ4n) is 2.43. The summed E-state index contributed by atoms with van der Waals surface area (Å²) in [7, 11) is 0. The van der Waals surface area contributed by atoms with Crippen molar-refractivity contribution in [1.82, 2.24) is 15.2 Å². The van der Waals surface area contributed by atoms with Gasteiger partial charge in [-0.1, -0.05) is 29.8 Å². The molecule has 0 atom stereocenters. The maximum atomic E-state index is 12.2. The third kappa shape index (κ3) is 4.05. The van der Waals surface area contributed by atoms with Crippen LogP contribution in [-0.2, 0) is 11.2 Å². The third-order valence-electron chi connectivity index (χ3n) is 3.67. The highest BCUT2D eigenvalue weighted by atomic mass is 35.5. The van der Waals surface area contributed by atoms with Gasteiger partial charge in [-0.3, -0.25) is 4.79 Å². The van der Waals surface area contributed by atoms with Crippen molar-refractivity contribution in [2.45, 2.75) is 6.42 Å². The average molecular weight is 398 g/mol. The number of ether oxygens (including phenoxy) is 1. The van der Waals surface area contributed by atoms with Crippen molar-refractivity contribution in [3.8, 4) is 27.8 Å². The summed E-state index contributed by atoms with van der Waals surface area (Å²) >= 11 is 7.63. The van der Waals surface area contributed by atoms with Gasteiger partial charge in [-0.25, -0.2) is 4.98 Å². The van der Waals surface area contributed by atoms with Gasteiger partial charge in [-0.15, -0.1) is 21.5 Å². The molecule has 0 aliphatic carbocycles. The maximum Gasteiger partial charge on any atom is 0.317 e. The molecule has 2 aromatic heterocycles. The molecule has 4 rings (SSSR count). The Morgan fingerprint density at radius 1 is 1.15 bits per heavy atom. The van der Waals surface area contributed by atoms with Gasteiger partial charge in [0.2, 0.25) is 12.3 Å². The number of esters is 1. The van der Waals surface area contributed by atoms with Crippen molar-refractivity contribution in [3.05, 3.63) is 71.0 Å². The van der Waals surface area contributed by atoms with E-state index in [9.17, 15) is 4.79 Å². The van der Waals surface area contributed by atoms with Crippen LogP contribution in [0, 0.1) is 0 Å². The normalized spacial score (nSPS) is 10.7. The lowest BCUT2D eigenvalue weighted by atomic mass is 10.2. The average Bonchev–Trinajstić information content (AvgIpc) is 3.35. The largest absolute Gasteiger partial charge is 0.426 e. The van der Waals surface area contributed by atoms with Crippen LogP contribution in [-0.4, -0.2) is 21.2 Å². The number of thiazole rings is 1. The van der Waals surface area contributed by atoms with Crippen LogP contribution in [0.4, 0.5) is 0 Å². The van der Waals surface area contributed by atoms with Gasteiger partial charge in [-0.05, 0) is 30.3 Å². The van der Waals surface area contributed by atoms with Crippen molar-refractivity contribution < 1.29 is 13.9 Å². The van der Waals surface area contributed by atoms with Crippen LogP contribution < -0.4 is 4.74 Å². The Labute approximate surface area is 163 Å². The Morgan fingerprint density at radius 2 is 1.96 bits per heavy atom. The fraction of sp³-hybridized carbons (Fsp3) is 0.0526.